The Hall–Kier alpha value is -2.65. The monoisotopic (exact) mass is 362 g/mol. The molecule has 0 aromatic rings. The quantitative estimate of drug-likeness (QED) is 0.343. The second-order valence-electron chi connectivity index (χ2n) is 5.64. The van der Waals surface area contributed by atoms with E-state index < -0.39 is 60.6 Å². The molecule has 0 aromatic heterocycles. The Labute approximate surface area is 143 Å². The van der Waals surface area contributed by atoms with Gasteiger partial charge in [-0.3, -0.25) is 24.0 Å². The predicted octanol–water partition coefficient (Wildman–Crippen LogP) is 0.829. The van der Waals surface area contributed by atoms with Crippen LogP contribution in [-0.2, 0) is 28.7 Å². The lowest BCUT2D eigenvalue weighted by Crippen LogP contribution is -2.29. The van der Waals surface area contributed by atoms with Crippen molar-refractivity contribution in [2.75, 3.05) is 0 Å². The largest absolute Gasteiger partial charge is 0.481 e. The molecule has 2 unspecified atom stereocenters. The van der Waals surface area contributed by atoms with Gasteiger partial charge in [-0.2, -0.15) is 0 Å². The Morgan fingerprint density at radius 2 is 1.12 bits per heavy atom. The molecule has 0 saturated heterocycles. The number of carbonyl (C=O) groups is 5. The third-order valence-corrected chi connectivity index (χ3v) is 3.54. The van der Waals surface area contributed by atoms with Crippen LogP contribution in [-0.4, -0.2) is 56.4 Å². The van der Waals surface area contributed by atoms with Gasteiger partial charge in [-0.25, -0.2) is 0 Å². The second kappa shape index (κ2) is 11.0. The van der Waals surface area contributed by atoms with Crippen molar-refractivity contribution in [1.82, 2.24) is 0 Å². The average Bonchev–Trinajstić information content (AvgIpc) is 2.45. The molecule has 4 N–H and O–H groups in total. The van der Waals surface area contributed by atoms with Crippen molar-refractivity contribution in [3.63, 3.8) is 0 Å². The molecule has 10 nitrogen and oxygen atoms in total. The number of hydrogen-bond donors (Lipinski definition) is 4. The van der Waals surface area contributed by atoms with E-state index in [9.17, 15) is 24.0 Å². The maximum absolute atomic E-state index is 11.2. The Kier molecular flexibility index (Phi) is 9.83. The van der Waals surface area contributed by atoms with Crippen molar-refractivity contribution in [3.05, 3.63) is 0 Å². The van der Waals surface area contributed by atoms with Gasteiger partial charge >= 0.3 is 29.8 Å². The third kappa shape index (κ3) is 10.7. The van der Waals surface area contributed by atoms with Gasteiger partial charge in [0.1, 0.15) is 6.10 Å². The summed E-state index contributed by atoms with van der Waals surface area (Å²) in [6.07, 6.45) is -2.76. The van der Waals surface area contributed by atoms with Gasteiger partial charge in [-0.05, 0) is 25.7 Å². The summed E-state index contributed by atoms with van der Waals surface area (Å²) in [5, 5.41) is 35.6. The summed E-state index contributed by atoms with van der Waals surface area (Å²) < 4.78 is 4.96. The molecule has 0 radical (unpaired) electrons. The van der Waals surface area contributed by atoms with Crippen molar-refractivity contribution in [2.24, 2.45) is 11.8 Å². The molecule has 2 atom stereocenters. The summed E-state index contributed by atoms with van der Waals surface area (Å²) in [4.78, 5) is 54.9. The molecule has 25 heavy (non-hydrogen) atoms. The minimum absolute atomic E-state index is 0.199. The van der Waals surface area contributed by atoms with E-state index in [0.717, 1.165) is 6.92 Å². The van der Waals surface area contributed by atoms with Crippen LogP contribution >= 0.6 is 0 Å². The van der Waals surface area contributed by atoms with E-state index in [1.165, 1.54) is 0 Å². The van der Waals surface area contributed by atoms with Gasteiger partial charge in [-0.15, -0.1) is 0 Å². The number of esters is 1. The smallest absolute Gasteiger partial charge is 0.306 e. The summed E-state index contributed by atoms with van der Waals surface area (Å²) in [5.41, 5.74) is 0. The SMILES string of the molecule is CC(=O)OC(CC(CCC(=O)O)C(=O)O)CC(CCC(=O)O)C(=O)O. The molecular formula is C15H22O10. The molecule has 142 valence electrons. The molecule has 0 saturated carbocycles. The zero-order chi connectivity index (χ0) is 19.6. The highest BCUT2D eigenvalue weighted by Crippen LogP contribution is 2.24. The number of carboxylic acid groups (broad SMARTS) is 4. The number of hydrogen-bond acceptors (Lipinski definition) is 6. The summed E-state index contributed by atoms with van der Waals surface area (Å²) in [5.74, 6) is -7.93. The summed E-state index contributed by atoms with van der Waals surface area (Å²) in [6.45, 7) is 1.08. The number of ether oxygens (including phenoxy) is 1. The lowest BCUT2D eigenvalue weighted by atomic mass is 9.89. The van der Waals surface area contributed by atoms with Gasteiger partial charge in [0, 0.05) is 19.8 Å². The van der Waals surface area contributed by atoms with Crippen molar-refractivity contribution in [2.45, 2.75) is 51.6 Å². The van der Waals surface area contributed by atoms with Gasteiger partial charge in [-0.1, -0.05) is 0 Å². The number of rotatable bonds is 13. The molecule has 0 bridgehead atoms. The lowest BCUT2D eigenvalue weighted by molar-refractivity contribution is -0.155. The fraction of sp³-hybridized carbons (Fsp3) is 0.667. The molecule has 0 amide bonds. The van der Waals surface area contributed by atoms with Gasteiger partial charge < -0.3 is 25.2 Å². The third-order valence-electron chi connectivity index (χ3n) is 3.54. The van der Waals surface area contributed by atoms with Crippen LogP contribution in [0.5, 0.6) is 0 Å². The molecule has 0 heterocycles. The lowest BCUT2D eigenvalue weighted by Gasteiger charge is -2.23. The number of carbonyl (C=O) groups excluding carboxylic acids is 1. The second-order valence-corrected chi connectivity index (χ2v) is 5.64. The van der Waals surface area contributed by atoms with Crippen LogP contribution < -0.4 is 0 Å². The van der Waals surface area contributed by atoms with E-state index >= 15 is 0 Å². The van der Waals surface area contributed by atoms with Crippen LogP contribution in [0.1, 0.15) is 45.4 Å². The van der Waals surface area contributed by atoms with Crippen LogP contribution in [0.25, 0.3) is 0 Å². The van der Waals surface area contributed by atoms with Crippen molar-refractivity contribution < 1.29 is 49.1 Å². The molecule has 0 spiro atoms. The molecule has 0 aliphatic rings. The zero-order valence-corrected chi connectivity index (χ0v) is 13.7. The van der Waals surface area contributed by atoms with Crippen molar-refractivity contribution >= 4 is 29.8 Å². The topological polar surface area (TPSA) is 176 Å². The highest BCUT2D eigenvalue weighted by atomic mass is 16.5. The Balaban J connectivity index is 5.07. The fourth-order valence-electron chi connectivity index (χ4n) is 2.34. The Bertz CT molecular complexity index is 474. The number of aliphatic carboxylic acids is 4. The molecular weight excluding hydrogens is 340 g/mol. The first-order valence-corrected chi connectivity index (χ1v) is 7.59. The van der Waals surface area contributed by atoms with Crippen LogP contribution in [0, 0.1) is 11.8 Å². The van der Waals surface area contributed by atoms with Crippen LogP contribution in [0.4, 0.5) is 0 Å². The molecule has 0 aliphatic heterocycles. The summed E-state index contributed by atoms with van der Waals surface area (Å²) in [6, 6.07) is 0. The Morgan fingerprint density at radius 3 is 1.36 bits per heavy atom. The zero-order valence-electron chi connectivity index (χ0n) is 13.7. The molecule has 0 aliphatic carbocycles. The maximum atomic E-state index is 11.2. The minimum atomic E-state index is -1.28. The molecule has 0 aromatic carbocycles. The first-order chi connectivity index (χ1) is 11.5. The normalized spacial score (nSPS) is 14.1. The standard InChI is InChI=1S/C15H22O10/c1-8(16)25-11(6-9(14(21)22)2-4-12(17)18)7-10(15(23)24)3-5-13(19)20/h9-11H,2-7H2,1H3,(H,17,18)(H,19,20)(H,21,22)(H,23,24). The van der Waals surface area contributed by atoms with Gasteiger partial charge in [0.05, 0.1) is 11.8 Å². The van der Waals surface area contributed by atoms with Crippen molar-refractivity contribution in [1.29, 1.82) is 0 Å². The predicted molar refractivity (Wildman–Crippen MR) is 80.8 cm³/mol. The molecule has 10 heteroatoms. The summed E-state index contributed by atoms with van der Waals surface area (Å²) >= 11 is 0. The highest BCUT2D eigenvalue weighted by molar-refractivity contribution is 5.73. The van der Waals surface area contributed by atoms with Crippen LogP contribution in [0.3, 0.4) is 0 Å². The molecule has 0 rings (SSSR count). The van der Waals surface area contributed by atoms with E-state index in [1.807, 2.05) is 0 Å². The van der Waals surface area contributed by atoms with Gasteiger partial charge in [0.2, 0.25) is 0 Å². The molecule has 0 fully saturated rings. The highest BCUT2D eigenvalue weighted by Gasteiger charge is 2.30. The van der Waals surface area contributed by atoms with Gasteiger partial charge in [0.25, 0.3) is 0 Å². The van der Waals surface area contributed by atoms with Crippen LogP contribution in [0.15, 0.2) is 0 Å². The van der Waals surface area contributed by atoms with E-state index in [2.05, 4.69) is 0 Å². The van der Waals surface area contributed by atoms with Gasteiger partial charge in [0.15, 0.2) is 0 Å². The average molecular weight is 362 g/mol. The van der Waals surface area contributed by atoms with Crippen molar-refractivity contribution in [3.8, 4) is 0 Å². The Morgan fingerprint density at radius 1 is 0.760 bits per heavy atom. The van der Waals surface area contributed by atoms with E-state index in [-0.39, 0.29) is 25.7 Å². The fourth-order valence-corrected chi connectivity index (χ4v) is 2.34. The first kappa shape index (κ1) is 22.4. The minimum Gasteiger partial charge on any atom is -0.481 e. The van der Waals surface area contributed by atoms with E-state index in [1.54, 1.807) is 0 Å². The van der Waals surface area contributed by atoms with E-state index in [4.69, 9.17) is 25.2 Å². The number of carboxylic acids is 4. The first-order valence-electron chi connectivity index (χ1n) is 7.59. The maximum Gasteiger partial charge on any atom is 0.306 e. The summed E-state index contributed by atoms with van der Waals surface area (Å²) in [7, 11) is 0. The van der Waals surface area contributed by atoms with Crippen LogP contribution in [0.2, 0.25) is 0 Å². The van der Waals surface area contributed by atoms with E-state index in [0.29, 0.717) is 0 Å².